The number of fused-ring (bicyclic) bond motifs is 1. The van der Waals surface area contributed by atoms with Gasteiger partial charge in [-0.25, -0.2) is 17.9 Å². The Morgan fingerprint density at radius 3 is 2.56 bits per heavy atom. The number of benzene rings is 3. The molecule has 3 aromatic carbocycles. The molecule has 0 radical (unpaired) electrons. The maximum atomic E-state index is 13.0. The molecule has 4 aromatic rings. The zero-order valence-corrected chi connectivity index (χ0v) is 23.5. The maximum Gasteiger partial charge on any atom is 0.411 e. The van der Waals surface area contributed by atoms with Gasteiger partial charge in [0.15, 0.2) is 0 Å². The lowest BCUT2D eigenvalue weighted by molar-refractivity contribution is 0.0980. The molecule has 2 amide bonds. The number of aromatic nitrogens is 1. The van der Waals surface area contributed by atoms with Gasteiger partial charge in [0, 0.05) is 50.0 Å². The highest BCUT2D eigenvalue weighted by atomic mass is 32.2. The molecule has 1 saturated carbocycles. The minimum absolute atomic E-state index is 0.00842. The molecule has 1 aliphatic rings. The van der Waals surface area contributed by atoms with E-state index in [0.29, 0.717) is 16.5 Å². The van der Waals surface area contributed by atoms with E-state index < -0.39 is 47.2 Å². The van der Waals surface area contributed by atoms with Crippen molar-refractivity contribution in [1.82, 2.24) is 9.29 Å². The molecule has 1 aliphatic carbocycles. The fourth-order valence-corrected chi connectivity index (χ4v) is 5.78. The highest BCUT2D eigenvalue weighted by Gasteiger charge is 2.22. The summed E-state index contributed by atoms with van der Waals surface area (Å²) in [6.45, 7) is 1.61. The fraction of sp³-hybridized carbons (Fsp3) is 0.290. The molecule has 1 heterocycles. The number of rotatable bonds is 8. The van der Waals surface area contributed by atoms with Crippen molar-refractivity contribution in [2.45, 2.75) is 49.9 Å². The third-order valence-electron chi connectivity index (χ3n) is 6.59. The third kappa shape index (κ3) is 6.22. The Kier molecular flexibility index (Phi) is 6.10. The van der Waals surface area contributed by atoms with Crippen molar-refractivity contribution < 1.29 is 35.7 Å². The number of carbonyl (C=O) groups excluding carboxylic acids is 2. The molecule has 0 aliphatic heterocycles. The molecule has 1 aromatic heterocycles. The number of aryl methyl sites for hydroxylation is 2. The lowest BCUT2D eigenvalue weighted by atomic mass is 10.0. The number of ether oxygens (including phenoxy) is 2. The average Bonchev–Trinajstić information content (AvgIpc) is 3.44. The van der Waals surface area contributed by atoms with Crippen LogP contribution in [0.2, 0.25) is 0 Å². The van der Waals surface area contributed by atoms with Crippen molar-refractivity contribution in [1.29, 1.82) is 0 Å². The van der Waals surface area contributed by atoms with Crippen LogP contribution in [-0.2, 0) is 28.2 Å². The van der Waals surface area contributed by atoms with E-state index in [0.717, 1.165) is 0 Å². The van der Waals surface area contributed by atoms with Gasteiger partial charge in [0.1, 0.15) is 11.9 Å². The fourth-order valence-electron chi connectivity index (χ4n) is 4.56. The van der Waals surface area contributed by atoms with Crippen LogP contribution in [0.1, 0.15) is 60.9 Å². The number of amides is 2. The molecule has 1 fully saturated rings. The summed E-state index contributed by atoms with van der Waals surface area (Å²) in [6.07, 6.45) is -7.53. The Morgan fingerprint density at radius 1 is 1.07 bits per heavy atom. The maximum absolute atomic E-state index is 13.0. The predicted octanol–water partition coefficient (Wildman–Crippen LogP) is 5.70. The van der Waals surface area contributed by atoms with Gasteiger partial charge >= 0.3 is 6.09 Å². The number of methoxy groups -OCH3 is 1. The van der Waals surface area contributed by atoms with E-state index in [1.165, 1.54) is 37.4 Å². The largest absolute Gasteiger partial charge is 0.496 e. The number of hydrogen-bond donors (Lipinski definition) is 2. The summed E-state index contributed by atoms with van der Waals surface area (Å²) in [5.41, 5.74) is 1.44. The van der Waals surface area contributed by atoms with Crippen LogP contribution >= 0.6 is 0 Å². The molecule has 0 spiro atoms. The van der Waals surface area contributed by atoms with E-state index in [1.54, 1.807) is 55.1 Å². The van der Waals surface area contributed by atoms with Gasteiger partial charge in [-0.3, -0.25) is 10.1 Å². The number of hydrogen-bond acceptors (Lipinski definition) is 6. The van der Waals surface area contributed by atoms with E-state index in [9.17, 15) is 18.0 Å². The first-order chi connectivity index (χ1) is 21.9. The van der Waals surface area contributed by atoms with Crippen LogP contribution in [0, 0.1) is 6.92 Å². The molecule has 0 unspecified atom stereocenters. The predicted molar refractivity (Wildman–Crippen MR) is 157 cm³/mol. The van der Waals surface area contributed by atoms with E-state index in [2.05, 4.69) is 5.32 Å². The second kappa shape index (κ2) is 11.7. The quantitative estimate of drug-likeness (QED) is 0.276. The first-order valence-corrected chi connectivity index (χ1v) is 14.2. The summed E-state index contributed by atoms with van der Waals surface area (Å²) in [5.74, 6) is -0.934. The van der Waals surface area contributed by atoms with Gasteiger partial charge < -0.3 is 14.0 Å². The molecular weight excluding hydrogens is 542 g/mol. The van der Waals surface area contributed by atoms with Crippen molar-refractivity contribution in [3.8, 4) is 5.75 Å². The Bertz CT molecular complexity index is 1980. The molecule has 0 saturated heterocycles. The van der Waals surface area contributed by atoms with Gasteiger partial charge in [-0.15, -0.1) is 0 Å². The van der Waals surface area contributed by atoms with Gasteiger partial charge in [-0.1, -0.05) is 24.3 Å². The summed E-state index contributed by atoms with van der Waals surface area (Å²) in [6, 6.07) is 14.8. The second-order valence-electron chi connectivity index (χ2n) is 9.44. The van der Waals surface area contributed by atoms with E-state index >= 15 is 0 Å². The second-order valence-corrected chi connectivity index (χ2v) is 11.1. The first kappa shape index (κ1) is 21.4. The number of nitrogens with zero attached hydrogens (tertiary/aromatic N) is 1. The summed E-state index contributed by atoms with van der Waals surface area (Å²) in [5, 5.41) is 2.91. The van der Waals surface area contributed by atoms with Gasteiger partial charge in [0.2, 0.25) is 0 Å². The lowest BCUT2D eigenvalue weighted by Crippen LogP contribution is -2.31. The van der Waals surface area contributed by atoms with Crippen molar-refractivity contribution in [3.05, 3.63) is 89.1 Å². The molecule has 0 atom stereocenters. The van der Waals surface area contributed by atoms with Gasteiger partial charge in [0.05, 0.1) is 12.0 Å². The number of nitrogens with one attached hydrogen (secondary N) is 2. The van der Waals surface area contributed by atoms with Crippen LogP contribution in [-0.4, -0.2) is 38.2 Å². The van der Waals surface area contributed by atoms with Gasteiger partial charge in [0.25, 0.3) is 15.9 Å². The molecule has 10 heteroatoms. The van der Waals surface area contributed by atoms with Crippen molar-refractivity contribution >= 4 is 38.6 Å². The van der Waals surface area contributed by atoms with Crippen LogP contribution in [0.5, 0.6) is 5.75 Å². The zero-order valence-electron chi connectivity index (χ0n) is 28.6. The summed E-state index contributed by atoms with van der Waals surface area (Å²) >= 11 is 0. The summed E-state index contributed by atoms with van der Waals surface area (Å²) in [7, 11) is -1.17. The summed E-state index contributed by atoms with van der Waals surface area (Å²) in [4.78, 5) is 25.7. The van der Waals surface area contributed by atoms with Crippen LogP contribution < -0.4 is 14.8 Å². The van der Waals surface area contributed by atoms with Crippen LogP contribution in [0.4, 0.5) is 10.5 Å². The van der Waals surface area contributed by atoms with Crippen molar-refractivity contribution in [3.63, 3.8) is 0 Å². The Labute approximate surface area is 247 Å². The molecular formula is C31H33N3O6S. The molecule has 2 N–H and O–H groups in total. The Balaban J connectivity index is 1.43. The SMILES string of the molecule is [2H]C([2H])(c1ccc(C(=O)NS(=O)(=O)c2ccccc2C)cc1OC)c1cn(C)c2ccc(NC(=O)OC3C([2H])([2H])CCC3([2H])[2H])cc12. The smallest absolute Gasteiger partial charge is 0.411 e. The first-order valence-electron chi connectivity index (χ1n) is 15.8. The topological polar surface area (TPSA) is 116 Å². The van der Waals surface area contributed by atoms with Crippen LogP contribution in [0.3, 0.4) is 0 Å². The third-order valence-corrected chi connectivity index (χ3v) is 8.08. The minimum Gasteiger partial charge on any atom is -0.496 e. The van der Waals surface area contributed by atoms with Crippen LogP contribution in [0.25, 0.3) is 10.9 Å². The van der Waals surface area contributed by atoms with Gasteiger partial charge in [-0.05, 0) is 85.6 Å². The minimum atomic E-state index is -4.19. The normalized spacial score (nSPS) is 18.7. The monoisotopic (exact) mass is 581 g/mol. The summed E-state index contributed by atoms with van der Waals surface area (Å²) < 4.78 is 90.5. The Morgan fingerprint density at radius 2 is 1.83 bits per heavy atom. The van der Waals surface area contributed by atoms with Crippen LogP contribution in [0.15, 0.2) is 71.8 Å². The molecule has 214 valence electrons. The van der Waals surface area contributed by atoms with Gasteiger partial charge in [-0.2, -0.15) is 0 Å². The molecule has 41 heavy (non-hydrogen) atoms. The molecule has 0 bridgehead atoms. The number of anilines is 1. The van der Waals surface area contributed by atoms with Crippen molar-refractivity contribution in [2.24, 2.45) is 7.05 Å². The standard InChI is InChI=1S/C31H33N3O6S/c1-20-8-4-7-11-29(20)41(37,38)33-30(35)22-13-12-21(28(17-22)39-3)16-23-19-34(2)27-15-14-24(18-26(23)27)32-31(36)40-25-9-5-6-10-25/h4,7-8,11-15,17-19,25H,5-6,9-10,16H2,1-3H3,(H,32,36)(H,33,35)/i9D2,10D2,16D2. The number of sulfonamides is 1. The van der Waals surface area contributed by atoms with E-state index in [1.807, 2.05) is 4.72 Å². The highest BCUT2D eigenvalue weighted by molar-refractivity contribution is 7.90. The zero-order chi connectivity index (χ0) is 34.5. The Hall–Kier alpha value is -4.31. The molecule has 5 rings (SSSR count). The van der Waals surface area contributed by atoms with E-state index in [4.69, 9.17) is 17.7 Å². The van der Waals surface area contributed by atoms with Crippen molar-refractivity contribution in [2.75, 3.05) is 12.4 Å². The van der Waals surface area contributed by atoms with E-state index in [-0.39, 0.29) is 45.9 Å². The highest BCUT2D eigenvalue weighted by Crippen LogP contribution is 2.30. The number of carbonyl (C=O) groups is 2. The lowest BCUT2D eigenvalue weighted by Gasteiger charge is -2.13. The average molecular weight is 582 g/mol. The molecule has 9 nitrogen and oxygen atoms in total.